The highest BCUT2D eigenvalue weighted by Crippen LogP contribution is 2.21. The van der Waals surface area contributed by atoms with Gasteiger partial charge in [-0.1, -0.05) is 0 Å². The summed E-state index contributed by atoms with van der Waals surface area (Å²) >= 11 is 0. The average Bonchev–Trinajstić information content (AvgIpc) is 2.28. The molecule has 1 amide bonds. The molecule has 0 heterocycles. The van der Waals surface area contributed by atoms with Crippen molar-refractivity contribution in [2.75, 3.05) is 19.4 Å². The van der Waals surface area contributed by atoms with Gasteiger partial charge in [-0.3, -0.25) is 4.79 Å². The second kappa shape index (κ2) is 6.10. The molecule has 1 rings (SSSR count). The van der Waals surface area contributed by atoms with E-state index >= 15 is 0 Å². The Morgan fingerprint density at radius 2 is 2.29 bits per heavy atom. The molecule has 0 bridgehead atoms. The molecule has 0 radical (unpaired) electrons. The van der Waals surface area contributed by atoms with Crippen molar-refractivity contribution in [2.45, 2.75) is 19.4 Å². The molecule has 1 atom stereocenters. The first-order valence-corrected chi connectivity index (χ1v) is 5.44. The van der Waals surface area contributed by atoms with Crippen molar-refractivity contribution in [2.24, 2.45) is 0 Å². The number of carbonyl (C=O) groups is 1. The maximum Gasteiger partial charge on any atom is 0.255 e. The Balaban J connectivity index is 2.68. The Hall–Kier alpha value is -1.75. The standard InChI is InChI=1S/C12H18N2O3/c1-8(15)5-6-14-12(16)10-4-3-9(13)7-11(10)17-2/h3-4,7-8,15H,5-6,13H2,1-2H3,(H,14,16). The van der Waals surface area contributed by atoms with Crippen molar-refractivity contribution < 1.29 is 14.6 Å². The Kier molecular flexibility index (Phi) is 4.78. The molecule has 1 aromatic carbocycles. The summed E-state index contributed by atoms with van der Waals surface area (Å²) in [6, 6.07) is 4.86. The minimum atomic E-state index is -0.427. The van der Waals surface area contributed by atoms with Crippen molar-refractivity contribution in [1.29, 1.82) is 0 Å². The molecular formula is C12H18N2O3. The van der Waals surface area contributed by atoms with Gasteiger partial charge in [0.2, 0.25) is 0 Å². The molecule has 5 nitrogen and oxygen atoms in total. The van der Waals surface area contributed by atoms with E-state index in [9.17, 15) is 4.79 Å². The Bertz CT molecular complexity index is 391. The maximum atomic E-state index is 11.8. The smallest absolute Gasteiger partial charge is 0.255 e. The van der Waals surface area contributed by atoms with E-state index in [4.69, 9.17) is 15.6 Å². The number of methoxy groups -OCH3 is 1. The average molecular weight is 238 g/mol. The lowest BCUT2D eigenvalue weighted by molar-refractivity contribution is 0.0942. The second-order valence-corrected chi connectivity index (χ2v) is 3.85. The van der Waals surface area contributed by atoms with Gasteiger partial charge in [0.1, 0.15) is 5.75 Å². The lowest BCUT2D eigenvalue weighted by Crippen LogP contribution is -2.26. The molecule has 5 heteroatoms. The maximum absolute atomic E-state index is 11.8. The summed E-state index contributed by atoms with van der Waals surface area (Å²) < 4.78 is 5.08. The number of anilines is 1. The van der Waals surface area contributed by atoms with Gasteiger partial charge in [-0.05, 0) is 25.5 Å². The monoisotopic (exact) mass is 238 g/mol. The summed E-state index contributed by atoms with van der Waals surface area (Å²) in [7, 11) is 1.49. The third-order valence-electron chi connectivity index (χ3n) is 2.32. The zero-order valence-electron chi connectivity index (χ0n) is 10.1. The largest absolute Gasteiger partial charge is 0.496 e. The molecule has 1 aromatic rings. The molecule has 1 unspecified atom stereocenters. The molecule has 4 N–H and O–H groups in total. The van der Waals surface area contributed by atoms with Gasteiger partial charge in [-0.25, -0.2) is 0 Å². The van der Waals surface area contributed by atoms with Crippen LogP contribution in [0, 0.1) is 0 Å². The number of nitrogens with two attached hydrogens (primary N) is 1. The lowest BCUT2D eigenvalue weighted by atomic mass is 10.1. The third kappa shape index (κ3) is 3.96. The summed E-state index contributed by atoms with van der Waals surface area (Å²) in [5, 5.41) is 11.8. The van der Waals surface area contributed by atoms with Crippen LogP contribution in [-0.4, -0.2) is 30.8 Å². The van der Waals surface area contributed by atoms with Crippen LogP contribution < -0.4 is 15.8 Å². The highest BCUT2D eigenvalue weighted by Gasteiger charge is 2.11. The number of aliphatic hydroxyl groups excluding tert-OH is 1. The van der Waals surface area contributed by atoms with Crippen LogP contribution in [0.4, 0.5) is 5.69 Å². The van der Waals surface area contributed by atoms with Crippen molar-refractivity contribution in [3.63, 3.8) is 0 Å². The molecule has 17 heavy (non-hydrogen) atoms. The van der Waals surface area contributed by atoms with E-state index in [0.29, 0.717) is 30.0 Å². The van der Waals surface area contributed by atoms with Crippen LogP contribution in [0.25, 0.3) is 0 Å². The van der Waals surface area contributed by atoms with Crippen LogP contribution in [0.5, 0.6) is 5.75 Å². The van der Waals surface area contributed by atoms with Crippen LogP contribution in [-0.2, 0) is 0 Å². The molecule has 0 aliphatic heterocycles. The summed E-state index contributed by atoms with van der Waals surface area (Å²) in [6.07, 6.45) is 0.0897. The van der Waals surface area contributed by atoms with E-state index in [1.54, 1.807) is 25.1 Å². The quantitative estimate of drug-likeness (QED) is 0.662. The molecule has 94 valence electrons. The van der Waals surface area contributed by atoms with Crippen molar-refractivity contribution >= 4 is 11.6 Å². The van der Waals surface area contributed by atoms with Crippen LogP contribution >= 0.6 is 0 Å². The normalized spacial score (nSPS) is 11.9. The Morgan fingerprint density at radius 1 is 1.59 bits per heavy atom. The van der Waals surface area contributed by atoms with E-state index in [1.807, 2.05) is 0 Å². The first-order chi connectivity index (χ1) is 8.04. The van der Waals surface area contributed by atoms with Gasteiger partial charge in [0.15, 0.2) is 0 Å². The number of rotatable bonds is 5. The van der Waals surface area contributed by atoms with Gasteiger partial charge >= 0.3 is 0 Å². The van der Waals surface area contributed by atoms with Crippen LogP contribution in [0.3, 0.4) is 0 Å². The highest BCUT2D eigenvalue weighted by atomic mass is 16.5. The molecular weight excluding hydrogens is 220 g/mol. The van der Waals surface area contributed by atoms with E-state index in [-0.39, 0.29) is 5.91 Å². The second-order valence-electron chi connectivity index (χ2n) is 3.85. The van der Waals surface area contributed by atoms with Crippen molar-refractivity contribution in [3.05, 3.63) is 23.8 Å². The first-order valence-electron chi connectivity index (χ1n) is 5.44. The number of nitrogens with one attached hydrogen (secondary N) is 1. The first kappa shape index (κ1) is 13.3. The Labute approximate surface area is 101 Å². The fraction of sp³-hybridized carbons (Fsp3) is 0.417. The summed E-state index contributed by atoms with van der Waals surface area (Å²) in [6.45, 7) is 2.10. The van der Waals surface area contributed by atoms with E-state index in [1.165, 1.54) is 7.11 Å². The van der Waals surface area contributed by atoms with Gasteiger partial charge in [0.25, 0.3) is 5.91 Å². The summed E-state index contributed by atoms with van der Waals surface area (Å²) in [5.74, 6) is 0.210. The predicted octanol–water partition coefficient (Wildman–Crippen LogP) is 0.778. The van der Waals surface area contributed by atoms with Gasteiger partial charge in [0.05, 0.1) is 18.8 Å². The molecule has 0 spiro atoms. The topological polar surface area (TPSA) is 84.6 Å². The predicted molar refractivity (Wildman–Crippen MR) is 66.0 cm³/mol. The SMILES string of the molecule is COc1cc(N)ccc1C(=O)NCCC(C)O. The van der Waals surface area contributed by atoms with Crippen molar-refractivity contribution in [1.82, 2.24) is 5.32 Å². The number of benzene rings is 1. The van der Waals surface area contributed by atoms with Gasteiger partial charge in [-0.2, -0.15) is 0 Å². The van der Waals surface area contributed by atoms with Crippen molar-refractivity contribution in [3.8, 4) is 5.75 Å². The molecule has 0 aromatic heterocycles. The number of amides is 1. The lowest BCUT2D eigenvalue weighted by Gasteiger charge is -2.10. The zero-order valence-corrected chi connectivity index (χ0v) is 10.1. The minimum absolute atomic E-state index is 0.234. The molecule has 0 fully saturated rings. The molecule has 0 aliphatic rings. The van der Waals surface area contributed by atoms with E-state index < -0.39 is 6.10 Å². The minimum Gasteiger partial charge on any atom is -0.496 e. The summed E-state index contributed by atoms with van der Waals surface area (Å²) in [5.41, 5.74) is 6.58. The van der Waals surface area contributed by atoms with Gasteiger partial charge in [0, 0.05) is 18.3 Å². The number of aliphatic hydroxyl groups is 1. The highest BCUT2D eigenvalue weighted by molar-refractivity contribution is 5.97. The third-order valence-corrected chi connectivity index (χ3v) is 2.32. The zero-order chi connectivity index (χ0) is 12.8. The van der Waals surface area contributed by atoms with Crippen LogP contribution in [0.2, 0.25) is 0 Å². The van der Waals surface area contributed by atoms with E-state index in [2.05, 4.69) is 5.32 Å². The van der Waals surface area contributed by atoms with Gasteiger partial charge in [-0.15, -0.1) is 0 Å². The van der Waals surface area contributed by atoms with Gasteiger partial charge < -0.3 is 20.9 Å². The number of hydrogen-bond acceptors (Lipinski definition) is 4. The fourth-order valence-corrected chi connectivity index (χ4v) is 1.39. The number of nitrogen functional groups attached to an aromatic ring is 1. The fourth-order valence-electron chi connectivity index (χ4n) is 1.39. The van der Waals surface area contributed by atoms with Crippen LogP contribution in [0.15, 0.2) is 18.2 Å². The Morgan fingerprint density at radius 3 is 2.88 bits per heavy atom. The summed E-state index contributed by atoms with van der Waals surface area (Å²) in [4.78, 5) is 11.8. The van der Waals surface area contributed by atoms with Crippen LogP contribution in [0.1, 0.15) is 23.7 Å². The number of hydrogen-bond donors (Lipinski definition) is 3. The molecule has 0 saturated heterocycles. The number of ether oxygens (including phenoxy) is 1. The molecule has 0 saturated carbocycles. The number of carbonyl (C=O) groups excluding carboxylic acids is 1. The molecule has 0 aliphatic carbocycles. The van der Waals surface area contributed by atoms with E-state index in [0.717, 1.165) is 0 Å².